The van der Waals surface area contributed by atoms with Crippen LogP contribution in [0.25, 0.3) is 11.3 Å². The Kier molecular flexibility index (Phi) is 8.14. The molecular formula is C25H34F2N2. The second-order valence-corrected chi connectivity index (χ2v) is 8.58. The van der Waals surface area contributed by atoms with E-state index in [-0.39, 0.29) is 5.56 Å². The first-order chi connectivity index (χ1) is 14.1. The summed E-state index contributed by atoms with van der Waals surface area (Å²) in [6, 6.07) is 6.89. The summed E-state index contributed by atoms with van der Waals surface area (Å²) in [4.78, 5) is 0. The van der Waals surface area contributed by atoms with Crippen molar-refractivity contribution in [1.29, 1.82) is 0 Å². The highest BCUT2D eigenvalue weighted by atomic mass is 19.2. The van der Waals surface area contributed by atoms with E-state index in [1.54, 1.807) is 18.2 Å². The molecule has 1 aromatic carbocycles. The topological polar surface area (TPSA) is 25.8 Å². The third-order valence-corrected chi connectivity index (χ3v) is 6.53. The smallest absolute Gasteiger partial charge is 0.168 e. The molecule has 1 saturated carbocycles. The van der Waals surface area contributed by atoms with Gasteiger partial charge in [-0.25, -0.2) is 8.78 Å². The molecular weight excluding hydrogens is 366 g/mol. The van der Waals surface area contributed by atoms with E-state index in [0.29, 0.717) is 17.7 Å². The molecule has 1 aliphatic rings. The first-order valence-electron chi connectivity index (χ1n) is 11.4. The number of nitrogens with zero attached hydrogens (tertiary/aromatic N) is 2. The van der Waals surface area contributed by atoms with Crippen LogP contribution in [-0.2, 0) is 12.8 Å². The van der Waals surface area contributed by atoms with Gasteiger partial charge in [-0.1, -0.05) is 71.3 Å². The number of unbranched alkanes of at least 4 members (excludes halogenated alkanes) is 2. The van der Waals surface area contributed by atoms with Crippen molar-refractivity contribution in [2.45, 2.75) is 84.5 Å². The molecule has 158 valence electrons. The summed E-state index contributed by atoms with van der Waals surface area (Å²) in [5.41, 5.74) is 1.89. The van der Waals surface area contributed by atoms with Gasteiger partial charge in [0.05, 0.1) is 11.4 Å². The van der Waals surface area contributed by atoms with Crippen LogP contribution in [-0.4, -0.2) is 10.2 Å². The predicted octanol–water partition coefficient (Wildman–Crippen LogP) is 7.30. The molecule has 0 spiro atoms. The van der Waals surface area contributed by atoms with E-state index in [2.05, 4.69) is 17.1 Å². The number of aryl methyl sites for hydroxylation is 2. The van der Waals surface area contributed by atoms with Gasteiger partial charge in [-0.05, 0) is 54.9 Å². The van der Waals surface area contributed by atoms with E-state index in [4.69, 9.17) is 0 Å². The molecule has 4 heteroatoms. The Hall–Kier alpha value is -1.84. The van der Waals surface area contributed by atoms with Crippen LogP contribution in [0.3, 0.4) is 0 Å². The van der Waals surface area contributed by atoms with Gasteiger partial charge in [-0.15, -0.1) is 0 Å². The highest BCUT2D eigenvalue weighted by Gasteiger charge is 2.21. The van der Waals surface area contributed by atoms with Crippen molar-refractivity contribution in [3.05, 3.63) is 47.2 Å². The van der Waals surface area contributed by atoms with Crippen LogP contribution in [0.4, 0.5) is 8.78 Å². The lowest BCUT2D eigenvalue weighted by Gasteiger charge is -2.28. The number of rotatable bonds is 9. The van der Waals surface area contributed by atoms with E-state index >= 15 is 0 Å². The molecule has 1 aromatic heterocycles. The van der Waals surface area contributed by atoms with Crippen LogP contribution in [0, 0.1) is 23.5 Å². The Morgan fingerprint density at radius 3 is 2.17 bits per heavy atom. The highest BCUT2D eigenvalue weighted by Crippen LogP contribution is 2.34. The Morgan fingerprint density at radius 1 is 0.828 bits per heavy atom. The van der Waals surface area contributed by atoms with Gasteiger partial charge in [0.2, 0.25) is 0 Å². The van der Waals surface area contributed by atoms with Gasteiger partial charge in [0.15, 0.2) is 11.6 Å². The summed E-state index contributed by atoms with van der Waals surface area (Å²) in [5, 5.41) is 8.45. The lowest BCUT2D eigenvalue weighted by molar-refractivity contribution is 0.248. The van der Waals surface area contributed by atoms with Crippen LogP contribution in [0.15, 0.2) is 24.3 Å². The zero-order valence-corrected chi connectivity index (χ0v) is 17.9. The second-order valence-electron chi connectivity index (χ2n) is 8.58. The largest absolute Gasteiger partial charge is 0.203 e. The molecule has 1 heterocycles. The van der Waals surface area contributed by atoms with Crippen molar-refractivity contribution in [1.82, 2.24) is 10.2 Å². The van der Waals surface area contributed by atoms with E-state index in [1.807, 2.05) is 13.0 Å². The molecule has 3 rings (SSSR count). The number of benzene rings is 1. The minimum atomic E-state index is -0.831. The van der Waals surface area contributed by atoms with Crippen molar-refractivity contribution < 1.29 is 8.78 Å². The van der Waals surface area contributed by atoms with Crippen LogP contribution in [0.2, 0.25) is 0 Å². The zero-order chi connectivity index (χ0) is 20.6. The molecule has 0 unspecified atom stereocenters. The summed E-state index contributed by atoms with van der Waals surface area (Å²) in [5.74, 6) is 0.113. The van der Waals surface area contributed by atoms with Crippen LogP contribution in [0.5, 0.6) is 0 Å². The van der Waals surface area contributed by atoms with Crippen molar-refractivity contribution in [3.8, 4) is 11.3 Å². The van der Waals surface area contributed by atoms with Crippen molar-refractivity contribution in [3.63, 3.8) is 0 Å². The molecule has 0 amide bonds. The summed E-state index contributed by atoms with van der Waals surface area (Å²) < 4.78 is 28.4. The van der Waals surface area contributed by atoms with Gasteiger partial charge >= 0.3 is 0 Å². The fraction of sp³-hybridized carbons (Fsp3) is 0.600. The number of hydrogen-bond donors (Lipinski definition) is 0. The summed E-state index contributed by atoms with van der Waals surface area (Å²) >= 11 is 0. The fourth-order valence-electron chi connectivity index (χ4n) is 4.54. The van der Waals surface area contributed by atoms with Gasteiger partial charge in [0.1, 0.15) is 0 Å². The van der Waals surface area contributed by atoms with Crippen LogP contribution in [0.1, 0.15) is 82.9 Å². The van der Waals surface area contributed by atoms with E-state index in [1.165, 1.54) is 51.4 Å². The number of hydrogen-bond acceptors (Lipinski definition) is 2. The Morgan fingerprint density at radius 2 is 1.55 bits per heavy atom. The maximum absolute atomic E-state index is 14.3. The monoisotopic (exact) mass is 400 g/mol. The summed E-state index contributed by atoms with van der Waals surface area (Å²) in [6.07, 6.45) is 13.4. The summed E-state index contributed by atoms with van der Waals surface area (Å²) in [7, 11) is 0. The van der Waals surface area contributed by atoms with E-state index in [9.17, 15) is 8.78 Å². The minimum Gasteiger partial charge on any atom is -0.203 e. The number of halogens is 2. The number of aromatic nitrogens is 2. The maximum atomic E-state index is 14.3. The second kappa shape index (κ2) is 10.8. The highest BCUT2D eigenvalue weighted by molar-refractivity contribution is 5.60. The molecule has 2 nitrogen and oxygen atoms in total. The normalized spacial score (nSPS) is 19.4. The van der Waals surface area contributed by atoms with Crippen molar-refractivity contribution >= 4 is 0 Å². The minimum absolute atomic E-state index is 0.181. The SMILES string of the molecule is CCCCCC1CCC(CCc2ccc(-c3ccc(CC)c(F)c3F)nn2)CC1. The standard InChI is InChI=1S/C25H34F2N2/c1-3-5-6-7-18-8-10-19(11-9-18)12-14-21-15-17-23(29-28-21)22-16-13-20(4-2)24(26)25(22)27/h13,15-19H,3-12,14H2,1-2H3. The van der Waals surface area contributed by atoms with Crippen LogP contribution < -0.4 is 0 Å². The molecule has 1 fully saturated rings. The molecule has 0 radical (unpaired) electrons. The molecule has 0 N–H and O–H groups in total. The van der Waals surface area contributed by atoms with Gasteiger partial charge in [0.25, 0.3) is 0 Å². The van der Waals surface area contributed by atoms with Crippen molar-refractivity contribution in [2.75, 3.05) is 0 Å². The zero-order valence-electron chi connectivity index (χ0n) is 17.9. The van der Waals surface area contributed by atoms with Gasteiger partial charge < -0.3 is 0 Å². The quantitative estimate of drug-likeness (QED) is 0.413. The van der Waals surface area contributed by atoms with Gasteiger partial charge in [-0.3, -0.25) is 0 Å². The molecule has 1 aliphatic carbocycles. The molecule has 0 aliphatic heterocycles. The molecule has 0 atom stereocenters. The molecule has 29 heavy (non-hydrogen) atoms. The lowest BCUT2D eigenvalue weighted by atomic mass is 9.78. The fourth-order valence-corrected chi connectivity index (χ4v) is 4.54. The molecule has 0 bridgehead atoms. The Labute approximate surface area is 174 Å². The third-order valence-electron chi connectivity index (χ3n) is 6.53. The Balaban J connectivity index is 1.50. The van der Waals surface area contributed by atoms with E-state index < -0.39 is 11.6 Å². The van der Waals surface area contributed by atoms with Gasteiger partial charge in [-0.2, -0.15) is 10.2 Å². The average molecular weight is 401 g/mol. The third kappa shape index (κ3) is 5.83. The van der Waals surface area contributed by atoms with E-state index in [0.717, 1.165) is 30.4 Å². The molecule has 0 saturated heterocycles. The Bertz CT molecular complexity index is 765. The molecule has 2 aromatic rings. The van der Waals surface area contributed by atoms with Crippen molar-refractivity contribution in [2.24, 2.45) is 11.8 Å². The summed E-state index contributed by atoms with van der Waals surface area (Å²) in [6.45, 7) is 4.08. The lowest BCUT2D eigenvalue weighted by Crippen LogP contribution is -2.15. The average Bonchev–Trinajstić information content (AvgIpc) is 2.76. The van der Waals surface area contributed by atoms with Crippen LogP contribution >= 0.6 is 0 Å². The first-order valence-corrected chi connectivity index (χ1v) is 11.4. The first kappa shape index (κ1) is 21.9. The predicted molar refractivity (Wildman–Crippen MR) is 115 cm³/mol. The van der Waals surface area contributed by atoms with Gasteiger partial charge in [0, 0.05) is 5.56 Å². The maximum Gasteiger partial charge on any atom is 0.168 e.